The first kappa shape index (κ1) is 15.6. The zero-order chi connectivity index (χ0) is 16.5. The molecule has 4 heterocycles. The van der Waals surface area contributed by atoms with E-state index in [1.807, 2.05) is 39.8 Å². The van der Waals surface area contributed by atoms with E-state index < -0.39 is 0 Å². The summed E-state index contributed by atoms with van der Waals surface area (Å²) in [7, 11) is 0. The number of pyridine rings is 1. The number of fused-ring (bicyclic) bond motifs is 1. The molecular formula is C16H20ClN7. The van der Waals surface area contributed by atoms with Crippen molar-refractivity contribution in [3.05, 3.63) is 47.1 Å². The van der Waals surface area contributed by atoms with Gasteiger partial charge in [0.2, 0.25) is 0 Å². The average Bonchev–Trinajstić information content (AvgIpc) is 3.21. The van der Waals surface area contributed by atoms with Gasteiger partial charge in [-0.25, -0.2) is 9.67 Å². The molecule has 0 spiro atoms. The SMILES string of the molecule is CC(c1cn(Cc2cn3cc(Cl)ccc3n2)nn1)N1CCNCC1. The molecule has 1 unspecified atom stereocenters. The normalized spacial score (nSPS) is 17.4. The maximum Gasteiger partial charge on any atom is 0.137 e. The molecular weight excluding hydrogens is 326 g/mol. The van der Waals surface area contributed by atoms with E-state index in [2.05, 4.69) is 32.4 Å². The van der Waals surface area contributed by atoms with Gasteiger partial charge in [0.1, 0.15) is 5.65 Å². The van der Waals surface area contributed by atoms with Crippen molar-refractivity contribution in [3.63, 3.8) is 0 Å². The van der Waals surface area contributed by atoms with Crippen LogP contribution in [0, 0.1) is 0 Å². The second-order valence-electron chi connectivity index (χ2n) is 6.15. The van der Waals surface area contributed by atoms with Crippen molar-refractivity contribution in [3.8, 4) is 0 Å². The second kappa shape index (κ2) is 6.51. The number of hydrogen-bond acceptors (Lipinski definition) is 5. The summed E-state index contributed by atoms with van der Waals surface area (Å²) in [6.45, 7) is 6.93. The van der Waals surface area contributed by atoms with Gasteiger partial charge < -0.3 is 9.72 Å². The van der Waals surface area contributed by atoms with Gasteiger partial charge in [0.05, 0.1) is 35.2 Å². The maximum atomic E-state index is 6.01. The Balaban J connectivity index is 1.49. The lowest BCUT2D eigenvalue weighted by Crippen LogP contribution is -2.44. The van der Waals surface area contributed by atoms with Gasteiger partial charge in [0.25, 0.3) is 0 Å². The topological polar surface area (TPSA) is 63.3 Å². The van der Waals surface area contributed by atoms with Gasteiger partial charge in [-0.2, -0.15) is 0 Å². The zero-order valence-corrected chi connectivity index (χ0v) is 14.3. The summed E-state index contributed by atoms with van der Waals surface area (Å²) in [5, 5.41) is 12.7. The zero-order valence-electron chi connectivity index (χ0n) is 13.6. The van der Waals surface area contributed by atoms with E-state index in [4.69, 9.17) is 11.6 Å². The number of hydrogen-bond donors (Lipinski definition) is 1. The van der Waals surface area contributed by atoms with Crippen molar-refractivity contribution in [1.82, 2.24) is 34.6 Å². The minimum Gasteiger partial charge on any atom is -0.314 e. The van der Waals surface area contributed by atoms with Crippen LogP contribution in [0.15, 0.2) is 30.7 Å². The van der Waals surface area contributed by atoms with Crippen LogP contribution in [0.2, 0.25) is 5.02 Å². The Hall–Kier alpha value is -1.96. The van der Waals surface area contributed by atoms with Gasteiger partial charge in [-0.1, -0.05) is 16.8 Å². The van der Waals surface area contributed by atoms with E-state index in [9.17, 15) is 0 Å². The Morgan fingerprint density at radius 3 is 2.88 bits per heavy atom. The van der Waals surface area contributed by atoms with E-state index in [1.54, 1.807) is 0 Å². The molecule has 0 saturated carbocycles. The highest BCUT2D eigenvalue weighted by Gasteiger charge is 2.20. The van der Waals surface area contributed by atoms with E-state index in [0.29, 0.717) is 11.6 Å². The number of rotatable bonds is 4. The van der Waals surface area contributed by atoms with Crippen molar-refractivity contribution in [2.45, 2.75) is 19.5 Å². The molecule has 3 aromatic rings. The molecule has 7 nitrogen and oxygen atoms in total. The molecule has 0 aliphatic carbocycles. The van der Waals surface area contributed by atoms with Crippen LogP contribution in [0.3, 0.4) is 0 Å². The minimum absolute atomic E-state index is 0.278. The summed E-state index contributed by atoms with van der Waals surface area (Å²) in [6, 6.07) is 4.03. The predicted octanol–water partition coefficient (Wildman–Crippen LogP) is 1.59. The van der Waals surface area contributed by atoms with Crippen LogP contribution in [0.1, 0.15) is 24.4 Å². The van der Waals surface area contributed by atoms with Gasteiger partial charge in [0.15, 0.2) is 0 Å². The Morgan fingerprint density at radius 2 is 2.04 bits per heavy atom. The van der Waals surface area contributed by atoms with Gasteiger partial charge in [-0.15, -0.1) is 5.10 Å². The van der Waals surface area contributed by atoms with Crippen LogP contribution < -0.4 is 5.32 Å². The molecule has 8 heteroatoms. The number of piperazine rings is 1. The summed E-state index contributed by atoms with van der Waals surface area (Å²) in [6.07, 6.45) is 5.85. The standard InChI is InChI=1S/C16H20ClN7/c1-12(22-6-4-18-5-7-22)15-11-24(21-20-15)10-14-9-23-8-13(17)2-3-16(23)19-14/h2-3,8-9,11-12,18H,4-7,10H2,1H3. The number of nitrogens with zero attached hydrogens (tertiary/aromatic N) is 6. The smallest absolute Gasteiger partial charge is 0.137 e. The number of halogens is 1. The first-order chi connectivity index (χ1) is 11.7. The van der Waals surface area contributed by atoms with Gasteiger partial charge in [0, 0.05) is 38.6 Å². The van der Waals surface area contributed by atoms with Gasteiger partial charge >= 0.3 is 0 Å². The van der Waals surface area contributed by atoms with Crippen molar-refractivity contribution in [2.75, 3.05) is 26.2 Å². The molecule has 1 aliphatic rings. The van der Waals surface area contributed by atoms with Crippen LogP contribution in [0.5, 0.6) is 0 Å². The van der Waals surface area contributed by atoms with Crippen molar-refractivity contribution in [2.24, 2.45) is 0 Å². The van der Waals surface area contributed by atoms with Crippen molar-refractivity contribution >= 4 is 17.2 Å². The van der Waals surface area contributed by atoms with Crippen LogP contribution in [-0.2, 0) is 6.54 Å². The molecule has 1 atom stereocenters. The summed E-state index contributed by atoms with van der Waals surface area (Å²) in [4.78, 5) is 7.02. The highest BCUT2D eigenvalue weighted by Crippen LogP contribution is 2.18. The summed E-state index contributed by atoms with van der Waals surface area (Å²) < 4.78 is 3.77. The molecule has 1 saturated heterocycles. The first-order valence-corrected chi connectivity index (χ1v) is 8.55. The van der Waals surface area contributed by atoms with Crippen LogP contribution in [-0.4, -0.2) is 55.5 Å². The maximum absolute atomic E-state index is 6.01. The fourth-order valence-corrected chi connectivity index (χ4v) is 3.27. The molecule has 3 aromatic heterocycles. The summed E-state index contributed by atoms with van der Waals surface area (Å²) in [5.41, 5.74) is 2.82. The Labute approximate surface area is 145 Å². The van der Waals surface area contributed by atoms with E-state index >= 15 is 0 Å². The second-order valence-corrected chi connectivity index (χ2v) is 6.58. The number of aromatic nitrogens is 5. The van der Waals surface area contributed by atoms with E-state index in [0.717, 1.165) is 43.2 Å². The minimum atomic E-state index is 0.278. The molecule has 1 aliphatic heterocycles. The Morgan fingerprint density at radius 1 is 1.21 bits per heavy atom. The number of nitrogens with one attached hydrogen (secondary N) is 1. The molecule has 24 heavy (non-hydrogen) atoms. The van der Waals surface area contributed by atoms with Crippen molar-refractivity contribution < 1.29 is 0 Å². The highest BCUT2D eigenvalue weighted by molar-refractivity contribution is 6.30. The lowest BCUT2D eigenvalue weighted by molar-refractivity contribution is 0.182. The first-order valence-electron chi connectivity index (χ1n) is 8.17. The molecule has 0 aromatic carbocycles. The van der Waals surface area contributed by atoms with Gasteiger partial charge in [-0.05, 0) is 19.1 Å². The van der Waals surface area contributed by atoms with Crippen molar-refractivity contribution in [1.29, 1.82) is 0 Å². The lowest BCUT2D eigenvalue weighted by Gasteiger charge is -2.31. The monoisotopic (exact) mass is 345 g/mol. The predicted molar refractivity (Wildman–Crippen MR) is 92.2 cm³/mol. The average molecular weight is 346 g/mol. The molecule has 0 amide bonds. The Kier molecular flexibility index (Phi) is 4.22. The fraction of sp³-hybridized carbons (Fsp3) is 0.438. The van der Waals surface area contributed by atoms with E-state index in [1.165, 1.54) is 0 Å². The largest absolute Gasteiger partial charge is 0.314 e. The molecule has 0 radical (unpaired) electrons. The third-order valence-electron chi connectivity index (χ3n) is 4.47. The third kappa shape index (κ3) is 3.15. The summed E-state index contributed by atoms with van der Waals surface area (Å²) in [5.74, 6) is 0. The van der Waals surface area contributed by atoms with Crippen LogP contribution in [0.25, 0.3) is 5.65 Å². The molecule has 4 rings (SSSR count). The highest BCUT2D eigenvalue weighted by atomic mass is 35.5. The third-order valence-corrected chi connectivity index (χ3v) is 4.70. The molecule has 0 bridgehead atoms. The quantitative estimate of drug-likeness (QED) is 0.778. The Bertz CT molecular complexity index is 834. The van der Waals surface area contributed by atoms with E-state index in [-0.39, 0.29) is 6.04 Å². The summed E-state index contributed by atoms with van der Waals surface area (Å²) >= 11 is 6.01. The molecule has 126 valence electrons. The molecule has 1 N–H and O–H groups in total. The molecule has 1 fully saturated rings. The number of imidazole rings is 1. The fourth-order valence-electron chi connectivity index (χ4n) is 3.10. The van der Waals surface area contributed by atoms with Gasteiger partial charge in [-0.3, -0.25) is 4.90 Å². The van der Waals surface area contributed by atoms with Crippen LogP contribution in [0.4, 0.5) is 0 Å². The lowest BCUT2D eigenvalue weighted by atomic mass is 10.2. The van der Waals surface area contributed by atoms with Crippen LogP contribution >= 0.6 is 11.6 Å².